The van der Waals surface area contributed by atoms with Gasteiger partial charge >= 0.3 is 0 Å². The number of halogens is 3. The van der Waals surface area contributed by atoms with Crippen molar-refractivity contribution >= 4 is 68.9 Å². The van der Waals surface area contributed by atoms with Gasteiger partial charge < -0.3 is 5.32 Å². The largest absolute Gasteiger partial charge is 0.301 e. The number of amides is 1. The van der Waals surface area contributed by atoms with Crippen LogP contribution >= 0.6 is 57.9 Å². The second kappa shape index (κ2) is 9.11. The fourth-order valence-electron chi connectivity index (χ4n) is 2.17. The molecule has 0 radical (unpaired) electrons. The Morgan fingerprint density at radius 2 is 1.92 bits per heavy atom. The topological polar surface area (TPSA) is 42.0 Å². The molecule has 0 aliphatic carbocycles. The standard InChI is InChI=1S/C18H13Cl3N2OS2/c19-12-5-6-16(15(21)8-12)25-10-17(24)23-18-22-9-13(26-18)7-11-3-1-2-4-14(11)20/h1-6,8-9H,7,10H2,(H,22,23,24). The smallest absolute Gasteiger partial charge is 0.236 e. The number of carbonyl (C=O) groups is 1. The van der Waals surface area contributed by atoms with Crippen LogP contribution in [0.2, 0.25) is 15.1 Å². The zero-order valence-electron chi connectivity index (χ0n) is 13.3. The molecule has 3 aromatic rings. The van der Waals surface area contributed by atoms with Crippen LogP contribution in [0.15, 0.2) is 53.6 Å². The van der Waals surface area contributed by atoms with Crippen LogP contribution in [-0.4, -0.2) is 16.6 Å². The number of rotatable bonds is 6. The summed E-state index contributed by atoms with van der Waals surface area (Å²) in [5.41, 5.74) is 1.03. The number of benzene rings is 2. The Hall–Kier alpha value is -1.24. The molecule has 0 saturated heterocycles. The van der Waals surface area contributed by atoms with Crippen LogP contribution in [0.1, 0.15) is 10.4 Å². The van der Waals surface area contributed by atoms with Gasteiger partial charge in [-0.05, 0) is 29.8 Å². The van der Waals surface area contributed by atoms with E-state index in [1.807, 2.05) is 24.3 Å². The van der Waals surface area contributed by atoms with E-state index in [2.05, 4.69) is 10.3 Å². The van der Waals surface area contributed by atoms with Gasteiger partial charge in [-0.3, -0.25) is 4.79 Å². The van der Waals surface area contributed by atoms with Crippen molar-refractivity contribution in [1.82, 2.24) is 4.98 Å². The highest BCUT2D eigenvalue weighted by atomic mass is 35.5. The van der Waals surface area contributed by atoms with Gasteiger partial charge in [-0.1, -0.05) is 53.0 Å². The van der Waals surface area contributed by atoms with Gasteiger partial charge in [0.15, 0.2) is 5.13 Å². The van der Waals surface area contributed by atoms with E-state index in [-0.39, 0.29) is 11.7 Å². The molecule has 0 bridgehead atoms. The Balaban J connectivity index is 1.55. The molecule has 26 heavy (non-hydrogen) atoms. The summed E-state index contributed by atoms with van der Waals surface area (Å²) in [6.07, 6.45) is 2.44. The van der Waals surface area contributed by atoms with Gasteiger partial charge in [0.2, 0.25) is 5.91 Å². The molecule has 0 aliphatic rings. The van der Waals surface area contributed by atoms with E-state index in [0.29, 0.717) is 21.6 Å². The molecule has 0 atom stereocenters. The minimum Gasteiger partial charge on any atom is -0.301 e. The van der Waals surface area contributed by atoms with Crippen LogP contribution in [0.3, 0.4) is 0 Å². The van der Waals surface area contributed by atoms with E-state index < -0.39 is 0 Å². The quantitative estimate of drug-likeness (QED) is 0.447. The highest BCUT2D eigenvalue weighted by Crippen LogP contribution is 2.30. The van der Waals surface area contributed by atoms with Crippen LogP contribution in [0.4, 0.5) is 5.13 Å². The van der Waals surface area contributed by atoms with Crippen LogP contribution in [0.5, 0.6) is 0 Å². The van der Waals surface area contributed by atoms with Gasteiger partial charge in [-0.2, -0.15) is 0 Å². The molecule has 3 nitrogen and oxygen atoms in total. The second-order valence-corrected chi connectivity index (χ2v) is 8.69. The summed E-state index contributed by atoms with van der Waals surface area (Å²) in [5, 5.41) is 5.20. The van der Waals surface area contributed by atoms with Gasteiger partial charge in [0, 0.05) is 32.4 Å². The highest BCUT2D eigenvalue weighted by Gasteiger charge is 2.10. The van der Waals surface area contributed by atoms with E-state index in [0.717, 1.165) is 20.4 Å². The van der Waals surface area contributed by atoms with Crippen LogP contribution in [-0.2, 0) is 11.2 Å². The van der Waals surface area contributed by atoms with Crippen molar-refractivity contribution in [3.63, 3.8) is 0 Å². The summed E-state index contributed by atoms with van der Waals surface area (Å²) < 4.78 is 0. The van der Waals surface area contributed by atoms with E-state index >= 15 is 0 Å². The molecular formula is C18H13Cl3N2OS2. The summed E-state index contributed by atoms with van der Waals surface area (Å²) in [5.74, 6) is 0.0977. The van der Waals surface area contributed by atoms with E-state index in [9.17, 15) is 4.79 Å². The first kappa shape index (κ1) is 19.5. The average molecular weight is 444 g/mol. The lowest BCUT2D eigenvalue weighted by Gasteiger charge is -2.04. The molecule has 0 saturated carbocycles. The molecule has 1 aromatic heterocycles. The molecule has 1 N–H and O–H groups in total. The maximum atomic E-state index is 12.1. The number of thioether (sulfide) groups is 1. The number of carbonyl (C=O) groups excluding carboxylic acids is 1. The SMILES string of the molecule is O=C(CSc1ccc(Cl)cc1Cl)Nc1ncc(Cc2ccccc2Cl)s1. The number of nitrogens with one attached hydrogen (secondary N) is 1. The van der Waals surface area contributed by atoms with Crippen molar-refractivity contribution in [3.05, 3.63) is 74.2 Å². The molecule has 0 aliphatic heterocycles. The number of aromatic nitrogens is 1. The molecule has 1 heterocycles. The van der Waals surface area contributed by atoms with Gasteiger partial charge in [0.25, 0.3) is 0 Å². The van der Waals surface area contributed by atoms with Crippen LogP contribution < -0.4 is 5.32 Å². The normalized spacial score (nSPS) is 10.7. The van der Waals surface area contributed by atoms with Gasteiger partial charge in [-0.25, -0.2) is 4.98 Å². The predicted molar refractivity (Wildman–Crippen MR) is 112 cm³/mol. The molecule has 1 amide bonds. The zero-order chi connectivity index (χ0) is 18.5. The van der Waals surface area contributed by atoms with E-state index in [1.165, 1.54) is 23.1 Å². The maximum Gasteiger partial charge on any atom is 0.236 e. The number of nitrogens with zero attached hydrogens (tertiary/aromatic N) is 1. The first-order valence-corrected chi connectivity index (χ1v) is 10.5. The van der Waals surface area contributed by atoms with Crippen LogP contribution in [0, 0.1) is 0 Å². The third-order valence-corrected chi connectivity index (χ3v) is 6.39. The summed E-state index contributed by atoms with van der Waals surface area (Å²) in [7, 11) is 0. The van der Waals surface area contributed by atoms with Crippen molar-refractivity contribution in [3.8, 4) is 0 Å². The van der Waals surface area contributed by atoms with Gasteiger partial charge in [0.1, 0.15) is 0 Å². The summed E-state index contributed by atoms with van der Waals surface area (Å²) in [6, 6.07) is 12.9. The second-order valence-electron chi connectivity index (χ2n) is 5.31. The minimum absolute atomic E-state index is 0.139. The van der Waals surface area contributed by atoms with Crippen molar-refractivity contribution in [2.24, 2.45) is 0 Å². The summed E-state index contributed by atoms with van der Waals surface area (Å²) in [6.45, 7) is 0. The zero-order valence-corrected chi connectivity index (χ0v) is 17.2. The molecule has 134 valence electrons. The number of hydrogen-bond donors (Lipinski definition) is 1. The summed E-state index contributed by atoms with van der Waals surface area (Å²) >= 11 is 20.9. The highest BCUT2D eigenvalue weighted by molar-refractivity contribution is 8.00. The number of hydrogen-bond acceptors (Lipinski definition) is 4. The lowest BCUT2D eigenvalue weighted by molar-refractivity contribution is -0.113. The van der Waals surface area contributed by atoms with Gasteiger partial charge in [0.05, 0.1) is 10.8 Å². The molecule has 0 fully saturated rings. The third kappa shape index (κ3) is 5.38. The fourth-order valence-corrected chi connectivity index (χ4v) is 4.51. The molecule has 0 spiro atoms. The maximum absolute atomic E-state index is 12.1. The van der Waals surface area contributed by atoms with E-state index in [4.69, 9.17) is 34.8 Å². The monoisotopic (exact) mass is 442 g/mol. The lowest BCUT2D eigenvalue weighted by atomic mass is 10.1. The molecule has 8 heteroatoms. The first-order valence-electron chi connectivity index (χ1n) is 7.57. The average Bonchev–Trinajstić information content (AvgIpc) is 3.03. The fraction of sp³-hybridized carbons (Fsp3) is 0.111. The third-order valence-electron chi connectivity index (χ3n) is 3.38. The molecular weight excluding hydrogens is 431 g/mol. The van der Waals surface area contributed by atoms with E-state index in [1.54, 1.807) is 24.4 Å². The molecule has 3 rings (SSSR count). The Labute approximate surface area is 174 Å². The van der Waals surface area contributed by atoms with Crippen molar-refractivity contribution in [2.75, 3.05) is 11.1 Å². The number of thiazole rings is 1. The Morgan fingerprint density at radius 3 is 2.69 bits per heavy atom. The Bertz CT molecular complexity index is 930. The summed E-state index contributed by atoms with van der Waals surface area (Å²) in [4.78, 5) is 18.2. The molecule has 2 aromatic carbocycles. The lowest BCUT2D eigenvalue weighted by Crippen LogP contribution is -2.13. The Morgan fingerprint density at radius 1 is 1.12 bits per heavy atom. The first-order chi connectivity index (χ1) is 12.5. The van der Waals surface area contributed by atoms with Crippen LogP contribution in [0.25, 0.3) is 0 Å². The minimum atomic E-state index is -0.139. The van der Waals surface area contributed by atoms with Gasteiger partial charge in [-0.15, -0.1) is 23.1 Å². The predicted octanol–water partition coefficient (Wildman–Crippen LogP) is 6.42. The van der Waals surface area contributed by atoms with Crippen molar-refractivity contribution in [1.29, 1.82) is 0 Å². The van der Waals surface area contributed by atoms with Crippen molar-refractivity contribution < 1.29 is 4.79 Å². The Kier molecular flexibility index (Phi) is 6.84. The number of anilines is 1. The molecule has 0 unspecified atom stereocenters. The van der Waals surface area contributed by atoms with Crippen molar-refractivity contribution in [2.45, 2.75) is 11.3 Å².